The van der Waals surface area contributed by atoms with Crippen molar-refractivity contribution < 1.29 is 63.9 Å². The molecule has 2 aliphatic heterocycles. The summed E-state index contributed by atoms with van der Waals surface area (Å²) in [7, 11) is 0. The number of amides is 3. The summed E-state index contributed by atoms with van der Waals surface area (Å²) in [5, 5.41) is 12.3. The summed E-state index contributed by atoms with van der Waals surface area (Å²) >= 11 is 0. The van der Waals surface area contributed by atoms with Crippen molar-refractivity contribution >= 4 is 69.4 Å². The van der Waals surface area contributed by atoms with Crippen LogP contribution in [0.25, 0.3) is 56.6 Å². The molecular formula is C60H57F7N10O7. The lowest BCUT2D eigenvalue weighted by Gasteiger charge is -2.31. The lowest BCUT2D eigenvalue weighted by Crippen LogP contribution is -2.42. The van der Waals surface area contributed by atoms with Crippen LogP contribution in [0.15, 0.2) is 131 Å². The van der Waals surface area contributed by atoms with Crippen LogP contribution in [-0.4, -0.2) is 110 Å². The molecule has 8 N–H and O–H groups in total. The van der Waals surface area contributed by atoms with Gasteiger partial charge in [-0.3, -0.25) is 24.4 Å². The Morgan fingerprint density at radius 2 is 1.11 bits per heavy atom. The van der Waals surface area contributed by atoms with Crippen LogP contribution in [0.4, 0.5) is 42.4 Å². The highest BCUT2D eigenvalue weighted by Gasteiger charge is 2.38. The predicted octanol–water partition coefficient (Wildman–Crippen LogP) is 10.7. The molecule has 6 aromatic heterocycles. The number of likely N-dealkylation sites (tertiary alicyclic amines) is 2. The third kappa shape index (κ3) is 16.2. The molecule has 438 valence electrons. The standard InChI is InChI=1S/C30H29F2N5O3.C22H20F5N3O2.C8H8N2O2/c1-19-14-22(25-5-4-21(18-35-25)29(39)37-12-9-30(31,32)10-13-37)15-23-16-24(40-28(19)23)8-11-34-27(38)7-3-20-2-6-26(33)36-17-20;23-21(24)4-7-30(8-5-21)20(31)13-1-2-18(29-12-13)14-9-15-10-16(3-6-28)32-19(15)17(11-14)22(25,26)27;9-7-3-1-6(5-10-7)2-4-8(11)12/h2-7,14-18H,8-13H2,1H3,(H2,33,36)(H,34,38);1-2,9-12H,3-8,28H2;1-5H,(H2,9,10)(H,11,12)/b7-3+;;4-2+. The summed E-state index contributed by atoms with van der Waals surface area (Å²) in [4.78, 5) is 66.7. The van der Waals surface area contributed by atoms with Crippen molar-refractivity contribution in [2.75, 3.05) is 50.7 Å². The Bertz CT molecular complexity index is 3680. The first-order valence-corrected chi connectivity index (χ1v) is 26.4. The molecule has 8 aromatic rings. The summed E-state index contributed by atoms with van der Waals surface area (Å²) in [6.45, 7) is 2.53. The number of hydrogen-bond donors (Lipinski definition) is 5. The van der Waals surface area contributed by atoms with Crippen molar-refractivity contribution in [2.24, 2.45) is 5.73 Å². The number of aliphatic carboxylic acids is 1. The molecule has 0 unspecified atom stereocenters. The zero-order chi connectivity index (χ0) is 60.3. The normalized spacial score (nSPS) is 14.9. The van der Waals surface area contributed by atoms with Gasteiger partial charge in [-0.05, 0) is 127 Å². The number of furan rings is 2. The fourth-order valence-corrected chi connectivity index (χ4v) is 9.04. The van der Waals surface area contributed by atoms with Gasteiger partial charge in [0, 0.05) is 130 Å². The molecule has 84 heavy (non-hydrogen) atoms. The molecule has 0 radical (unpaired) electrons. The van der Waals surface area contributed by atoms with E-state index in [4.69, 9.17) is 31.1 Å². The Balaban J connectivity index is 0.000000186. The number of nitrogens with two attached hydrogens (primary N) is 3. The van der Waals surface area contributed by atoms with Crippen LogP contribution in [0, 0.1) is 6.92 Å². The number of hydrogen-bond acceptors (Lipinski definition) is 13. The van der Waals surface area contributed by atoms with Crippen molar-refractivity contribution in [1.82, 2.24) is 35.1 Å². The quantitative estimate of drug-likeness (QED) is 0.0531. The van der Waals surface area contributed by atoms with Gasteiger partial charge in [0.05, 0.1) is 28.1 Å². The molecule has 0 aliphatic carbocycles. The van der Waals surface area contributed by atoms with E-state index in [1.807, 2.05) is 25.1 Å². The van der Waals surface area contributed by atoms with Gasteiger partial charge >= 0.3 is 12.1 Å². The lowest BCUT2D eigenvalue weighted by atomic mass is 10.0. The number of anilines is 2. The zero-order valence-corrected chi connectivity index (χ0v) is 45.1. The number of carboxylic acids is 1. The van der Waals surface area contributed by atoms with Gasteiger partial charge in [-0.1, -0.05) is 0 Å². The highest BCUT2D eigenvalue weighted by Crippen LogP contribution is 2.40. The second-order valence-corrected chi connectivity index (χ2v) is 19.9. The number of aromatic nitrogens is 4. The molecule has 3 amide bonds. The van der Waals surface area contributed by atoms with Gasteiger partial charge in [-0.2, -0.15) is 13.2 Å². The molecule has 0 spiro atoms. The van der Waals surface area contributed by atoms with Crippen LogP contribution in [0.5, 0.6) is 0 Å². The van der Waals surface area contributed by atoms with Crippen LogP contribution in [0.1, 0.15) is 80.2 Å². The number of alkyl halides is 7. The number of nitrogens with zero attached hydrogens (tertiary/aromatic N) is 6. The van der Waals surface area contributed by atoms with Crippen molar-refractivity contribution in [3.63, 3.8) is 0 Å². The van der Waals surface area contributed by atoms with E-state index in [2.05, 4.69) is 25.3 Å². The maximum absolute atomic E-state index is 13.6. The molecule has 17 nitrogen and oxygen atoms in total. The minimum Gasteiger partial charge on any atom is -0.478 e. The smallest absolute Gasteiger partial charge is 0.420 e. The number of nitrogens with one attached hydrogen (secondary N) is 1. The van der Waals surface area contributed by atoms with E-state index < -0.39 is 48.3 Å². The minimum atomic E-state index is -4.64. The van der Waals surface area contributed by atoms with E-state index in [0.29, 0.717) is 53.6 Å². The predicted molar refractivity (Wildman–Crippen MR) is 301 cm³/mol. The third-order valence-electron chi connectivity index (χ3n) is 13.5. The first-order chi connectivity index (χ1) is 39.9. The second kappa shape index (κ2) is 26.2. The monoisotopic (exact) mass is 1160 g/mol. The lowest BCUT2D eigenvalue weighted by molar-refractivity contribution is -0.137. The average Bonchev–Trinajstić information content (AvgIpc) is 2.74. The number of aryl methyl sites for hydroxylation is 1. The molecular weight excluding hydrogens is 1110 g/mol. The summed E-state index contributed by atoms with van der Waals surface area (Å²) in [6, 6.07) is 22.9. The second-order valence-electron chi connectivity index (χ2n) is 19.9. The van der Waals surface area contributed by atoms with Crippen LogP contribution in [0.2, 0.25) is 0 Å². The Kier molecular flexibility index (Phi) is 18.9. The molecule has 2 fully saturated rings. The maximum atomic E-state index is 13.6. The van der Waals surface area contributed by atoms with E-state index in [9.17, 15) is 49.9 Å². The number of benzene rings is 2. The molecule has 0 bridgehead atoms. The first-order valence-electron chi connectivity index (χ1n) is 26.4. The van der Waals surface area contributed by atoms with Gasteiger partial charge in [0.25, 0.3) is 23.7 Å². The number of carbonyl (C=O) groups excluding carboxylic acids is 3. The number of pyridine rings is 4. The van der Waals surface area contributed by atoms with Crippen molar-refractivity contribution in [2.45, 2.75) is 63.5 Å². The van der Waals surface area contributed by atoms with E-state index >= 15 is 0 Å². The summed E-state index contributed by atoms with van der Waals surface area (Å²) in [5.41, 5.74) is 20.9. The molecule has 2 aromatic carbocycles. The molecule has 0 atom stereocenters. The van der Waals surface area contributed by atoms with Gasteiger partial charge in [0.15, 0.2) is 0 Å². The van der Waals surface area contributed by atoms with Crippen molar-refractivity contribution in [1.29, 1.82) is 0 Å². The molecule has 2 aliphatic rings. The number of fused-ring (bicyclic) bond motifs is 2. The fraction of sp³-hybridized carbons (Fsp3) is 0.267. The maximum Gasteiger partial charge on any atom is 0.420 e. The number of carboxylic acid groups (broad SMARTS) is 1. The Hall–Kier alpha value is -9.45. The first kappa shape index (κ1) is 60.6. The van der Waals surface area contributed by atoms with Crippen LogP contribution in [0.3, 0.4) is 0 Å². The Morgan fingerprint density at radius 1 is 0.631 bits per heavy atom. The van der Waals surface area contributed by atoms with Crippen molar-refractivity contribution in [3.05, 3.63) is 167 Å². The number of piperidine rings is 2. The van der Waals surface area contributed by atoms with E-state index in [1.165, 1.54) is 64.8 Å². The van der Waals surface area contributed by atoms with E-state index in [-0.39, 0.29) is 85.2 Å². The van der Waals surface area contributed by atoms with Gasteiger partial charge in [0.2, 0.25) is 5.91 Å². The molecule has 0 saturated carbocycles. The van der Waals surface area contributed by atoms with Crippen LogP contribution >= 0.6 is 0 Å². The summed E-state index contributed by atoms with van der Waals surface area (Å²) in [5.74, 6) is -5.48. The molecule has 10 rings (SSSR count). The van der Waals surface area contributed by atoms with Gasteiger partial charge in [-0.15, -0.1) is 0 Å². The van der Waals surface area contributed by atoms with Crippen molar-refractivity contribution in [3.8, 4) is 22.5 Å². The van der Waals surface area contributed by atoms with Gasteiger partial charge in [0.1, 0.15) is 34.3 Å². The van der Waals surface area contributed by atoms with Gasteiger partial charge < -0.3 is 46.3 Å². The third-order valence-corrected chi connectivity index (χ3v) is 13.5. The molecule has 24 heteroatoms. The van der Waals surface area contributed by atoms with E-state index in [1.54, 1.807) is 48.7 Å². The number of halogens is 7. The van der Waals surface area contributed by atoms with Crippen LogP contribution < -0.4 is 22.5 Å². The highest BCUT2D eigenvalue weighted by molar-refractivity contribution is 5.96. The zero-order valence-electron chi connectivity index (χ0n) is 45.1. The SMILES string of the molecule is Cc1cc(-c2ccc(C(=O)N3CCC(F)(F)CC3)cn2)cc2cc(CCNC(=O)/C=C/c3ccc(N)nc3)oc12.NCCc1cc2cc(-c3ccc(C(=O)N4CCC(F)(F)CC4)cn3)cc(C(F)(F)F)c2o1.Nc1ccc(/C=C/C(=O)O)cn1. The fourth-order valence-electron chi connectivity index (χ4n) is 9.04. The number of rotatable bonds is 13. The summed E-state index contributed by atoms with van der Waals surface area (Å²) < 4.78 is 106. The minimum absolute atomic E-state index is 0.0357. The average molecular weight is 1160 g/mol. The summed E-state index contributed by atoms with van der Waals surface area (Å²) in [6.07, 6.45) is 6.19. The van der Waals surface area contributed by atoms with Gasteiger partial charge in [-0.25, -0.2) is 32.3 Å². The molecule has 8 heterocycles. The van der Waals surface area contributed by atoms with E-state index in [0.717, 1.165) is 45.6 Å². The highest BCUT2D eigenvalue weighted by atomic mass is 19.4. The van der Waals surface area contributed by atoms with Crippen LogP contribution in [-0.2, 0) is 28.6 Å². The molecule has 2 saturated heterocycles. The Morgan fingerprint density at radius 3 is 1.56 bits per heavy atom. The number of carbonyl (C=O) groups is 4. The number of nitrogen functional groups attached to an aromatic ring is 2. The largest absolute Gasteiger partial charge is 0.478 e. The Labute approximate surface area is 476 Å². The topological polar surface area (TPSA) is 263 Å².